The zero-order chi connectivity index (χ0) is 15.7. The van der Waals surface area contributed by atoms with Gasteiger partial charge in [0.05, 0.1) is 12.2 Å². The summed E-state index contributed by atoms with van der Waals surface area (Å²) in [6.45, 7) is 0. The zero-order valence-electron chi connectivity index (χ0n) is 11.0. The van der Waals surface area contributed by atoms with Gasteiger partial charge in [0.15, 0.2) is 0 Å². The second-order valence-electron chi connectivity index (χ2n) is 4.50. The molecule has 3 aromatic rings. The minimum atomic E-state index is -0.879. The Kier molecular flexibility index (Phi) is 3.22. The van der Waals surface area contributed by atoms with Crippen molar-refractivity contribution in [3.05, 3.63) is 89.4 Å². The van der Waals surface area contributed by atoms with Gasteiger partial charge in [-0.15, -0.1) is 0 Å². The summed E-state index contributed by atoms with van der Waals surface area (Å²) in [5, 5.41) is 0. The Morgan fingerprint density at radius 1 is 0.864 bits per heavy atom. The van der Waals surface area contributed by atoms with E-state index in [2.05, 4.69) is 19.9 Å². The largest absolute Gasteiger partial charge is 0.468 e. The van der Waals surface area contributed by atoms with Crippen LogP contribution in [0.15, 0.2) is 54.4 Å². The van der Waals surface area contributed by atoms with Crippen molar-refractivity contribution in [2.45, 2.75) is 5.92 Å². The Morgan fingerprint density at radius 2 is 1.41 bits per heavy atom. The normalized spacial score (nSPS) is 11.0. The van der Waals surface area contributed by atoms with E-state index in [0.29, 0.717) is 5.76 Å². The summed E-state index contributed by atoms with van der Waals surface area (Å²) in [7, 11) is 0. The molecule has 4 N–H and O–H groups in total. The predicted octanol–water partition coefficient (Wildman–Crippen LogP) is -0.787. The van der Waals surface area contributed by atoms with Gasteiger partial charge in [-0.25, -0.2) is 9.59 Å². The maximum Gasteiger partial charge on any atom is 0.325 e. The van der Waals surface area contributed by atoms with Gasteiger partial charge in [0.2, 0.25) is 0 Å². The summed E-state index contributed by atoms with van der Waals surface area (Å²) in [4.78, 5) is 55.2. The van der Waals surface area contributed by atoms with Crippen LogP contribution in [0.5, 0.6) is 0 Å². The van der Waals surface area contributed by atoms with Crippen LogP contribution in [0.4, 0.5) is 0 Å². The molecule has 0 spiro atoms. The number of aromatic nitrogens is 4. The highest BCUT2D eigenvalue weighted by Gasteiger charge is 2.25. The van der Waals surface area contributed by atoms with Crippen molar-refractivity contribution in [3.8, 4) is 0 Å². The molecular weight excluding hydrogens is 292 g/mol. The molecule has 0 radical (unpaired) electrons. The van der Waals surface area contributed by atoms with E-state index in [1.165, 1.54) is 18.7 Å². The molecule has 0 aliphatic rings. The molecule has 0 bridgehead atoms. The third-order valence-corrected chi connectivity index (χ3v) is 3.15. The van der Waals surface area contributed by atoms with Crippen LogP contribution in [0.1, 0.15) is 22.8 Å². The molecule has 0 saturated heterocycles. The maximum absolute atomic E-state index is 12.0. The molecule has 0 saturated carbocycles. The smallest absolute Gasteiger partial charge is 0.325 e. The van der Waals surface area contributed by atoms with Crippen molar-refractivity contribution >= 4 is 0 Å². The molecule has 0 fully saturated rings. The predicted molar refractivity (Wildman–Crippen MR) is 75.0 cm³/mol. The molecule has 112 valence electrons. The van der Waals surface area contributed by atoms with Crippen LogP contribution in [0.25, 0.3) is 0 Å². The summed E-state index contributed by atoms with van der Waals surface area (Å²) in [5.41, 5.74) is -2.43. The lowest BCUT2D eigenvalue weighted by atomic mass is 9.92. The molecule has 0 aromatic carbocycles. The SMILES string of the molecule is O=c1[nH]cc(C(c2ccco2)c2c[nH]c(=O)[nH]c2=O)c(=O)[nH]1. The molecule has 9 heteroatoms. The minimum Gasteiger partial charge on any atom is -0.468 e. The van der Waals surface area contributed by atoms with E-state index in [-0.39, 0.29) is 11.1 Å². The van der Waals surface area contributed by atoms with Gasteiger partial charge in [0, 0.05) is 23.5 Å². The monoisotopic (exact) mass is 302 g/mol. The molecule has 0 aliphatic heterocycles. The molecule has 3 heterocycles. The minimum absolute atomic E-state index is 0.104. The zero-order valence-corrected chi connectivity index (χ0v) is 11.0. The molecular formula is C13H10N4O5. The van der Waals surface area contributed by atoms with E-state index in [1.807, 2.05) is 0 Å². The Labute approximate surface area is 120 Å². The number of H-pyrrole nitrogens is 4. The van der Waals surface area contributed by atoms with Crippen LogP contribution in [0.2, 0.25) is 0 Å². The third kappa shape index (κ3) is 2.35. The molecule has 3 rings (SSSR count). The van der Waals surface area contributed by atoms with Crippen LogP contribution in [-0.2, 0) is 0 Å². The van der Waals surface area contributed by atoms with E-state index >= 15 is 0 Å². The summed E-state index contributed by atoms with van der Waals surface area (Å²) < 4.78 is 5.29. The average molecular weight is 302 g/mol. The second-order valence-corrected chi connectivity index (χ2v) is 4.50. The number of hydrogen-bond acceptors (Lipinski definition) is 5. The van der Waals surface area contributed by atoms with E-state index in [4.69, 9.17) is 4.42 Å². The highest BCUT2D eigenvalue weighted by Crippen LogP contribution is 2.26. The topological polar surface area (TPSA) is 145 Å². The van der Waals surface area contributed by atoms with E-state index in [0.717, 1.165) is 0 Å². The molecule has 22 heavy (non-hydrogen) atoms. The van der Waals surface area contributed by atoms with Crippen LogP contribution < -0.4 is 22.5 Å². The number of aromatic amines is 4. The van der Waals surface area contributed by atoms with Crippen LogP contribution >= 0.6 is 0 Å². The average Bonchev–Trinajstić information content (AvgIpc) is 2.97. The first kappa shape index (κ1) is 13.6. The highest BCUT2D eigenvalue weighted by molar-refractivity contribution is 5.34. The van der Waals surface area contributed by atoms with Gasteiger partial charge in [-0.05, 0) is 12.1 Å². The number of rotatable bonds is 3. The lowest BCUT2D eigenvalue weighted by Gasteiger charge is -2.12. The number of nitrogens with one attached hydrogen (secondary N) is 4. The van der Waals surface area contributed by atoms with Crippen LogP contribution in [0, 0.1) is 0 Å². The van der Waals surface area contributed by atoms with E-state index in [9.17, 15) is 19.2 Å². The molecule has 3 aromatic heterocycles. The summed E-state index contributed by atoms with van der Waals surface area (Å²) >= 11 is 0. The Morgan fingerprint density at radius 3 is 1.82 bits per heavy atom. The quantitative estimate of drug-likeness (QED) is 0.501. The van der Waals surface area contributed by atoms with Crippen molar-refractivity contribution in [1.29, 1.82) is 0 Å². The first-order valence-corrected chi connectivity index (χ1v) is 6.23. The lowest BCUT2D eigenvalue weighted by molar-refractivity contribution is 0.500. The molecule has 0 aliphatic carbocycles. The summed E-state index contributed by atoms with van der Waals surface area (Å²) in [6.07, 6.45) is 3.81. The maximum atomic E-state index is 12.0. The molecule has 0 unspecified atom stereocenters. The Hall–Kier alpha value is -3.36. The van der Waals surface area contributed by atoms with Crippen molar-refractivity contribution in [2.24, 2.45) is 0 Å². The fraction of sp³-hybridized carbons (Fsp3) is 0.0769. The molecule has 9 nitrogen and oxygen atoms in total. The van der Waals surface area contributed by atoms with Crippen molar-refractivity contribution in [2.75, 3.05) is 0 Å². The van der Waals surface area contributed by atoms with E-state index < -0.39 is 28.4 Å². The van der Waals surface area contributed by atoms with Crippen molar-refractivity contribution in [3.63, 3.8) is 0 Å². The van der Waals surface area contributed by atoms with Crippen LogP contribution in [0.3, 0.4) is 0 Å². The summed E-state index contributed by atoms with van der Waals surface area (Å²) in [5.74, 6) is -0.564. The number of furan rings is 1. The van der Waals surface area contributed by atoms with Gasteiger partial charge in [-0.1, -0.05) is 0 Å². The first-order chi connectivity index (χ1) is 10.6. The van der Waals surface area contributed by atoms with Gasteiger partial charge in [0.1, 0.15) is 5.76 Å². The van der Waals surface area contributed by atoms with Gasteiger partial charge < -0.3 is 14.4 Å². The highest BCUT2D eigenvalue weighted by atomic mass is 16.3. The molecule has 0 amide bonds. The second kappa shape index (κ2) is 5.20. The van der Waals surface area contributed by atoms with E-state index in [1.54, 1.807) is 12.1 Å². The van der Waals surface area contributed by atoms with Crippen molar-refractivity contribution in [1.82, 2.24) is 19.9 Å². The van der Waals surface area contributed by atoms with Gasteiger partial charge >= 0.3 is 11.4 Å². The fourth-order valence-corrected chi connectivity index (χ4v) is 2.20. The fourth-order valence-electron chi connectivity index (χ4n) is 2.20. The number of hydrogen-bond donors (Lipinski definition) is 4. The van der Waals surface area contributed by atoms with Gasteiger partial charge in [0.25, 0.3) is 11.1 Å². The van der Waals surface area contributed by atoms with Crippen LogP contribution in [-0.4, -0.2) is 19.9 Å². The van der Waals surface area contributed by atoms with Crippen molar-refractivity contribution < 1.29 is 4.42 Å². The standard InChI is InChI=1S/C13H10N4O5/c18-10-6(4-14-12(20)16-10)9(8-2-1-3-22-8)7-5-15-13(21)17-11(7)19/h1-5,9H,(H2,14,16,18,20)(H2,15,17,19,21). The molecule has 0 atom stereocenters. The Balaban J connectivity index is 2.29. The van der Waals surface area contributed by atoms with Gasteiger partial charge in [-0.3, -0.25) is 19.6 Å². The Bertz CT molecular complexity index is 954. The summed E-state index contributed by atoms with van der Waals surface area (Å²) in [6, 6.07) is 3.18. The van der Waals surface area contributed by atoms with Gasteiger partial charge in [-0.2, -0.15) is 0 Å². The third-order valence-electron chi connectivity index (χ3n) is 3.15. The lowest BCUT2D eigenvalue weighted by Crippen LogP contribution is -2.31. The first-order valence-electron chi connectivity index (χ1n) is 6.23.